The molecule has 0 saturated carbocycles. The summed E-state index contributed by atoms with van der Waals surface area (Å²) in [5.41, 5.74) is 0. The van der Waals surface area contributed by atoms with Crippen LogP contribution in [-0.4, -0.2) is 50.6 Å². The molecule has 0 aliphatic carbocycles. The Labute approximate surface area is 172 Å². The van der Waals surface area contributed by atoms with Gasteiger partial charge in [0, 0.05) is 29.1 Å². The summed E-state index contributed by atoms with van der Waals surface area (Å²) < 4.78 is 0. The smallest absolute Gasteiger partial charge is 0.238 e. The Morgan fingerprint density at radius 2 is 1.24 bits per heavy atom. The van der Waals surface area contributed by atoms with E-state index in [1.807, 2.05) is 6.92 Å². The van der Waals surface area contributed by atoms with Crippen LogP contribution in [0.15, 0.2) is 12.2 Å². The van der Waals surface area contributed by atoms with Crippen LogP contribution in [0.5, 0.6) is 0 Å². The second-order valence-electron chi connectivity index (χ2n) is 7.44. The van der Waals surface area contributed by atoms with Gasteiger partial charge in [-0.05, 0) is 32.1 Å². The summed E-state index contributed by atoms with van der Waals surface area (Å²) in [5, 5.41) is 42.5. The average molecular weight is 417 g/mol. The molecule has 168 valence electrons. The van der Waals surface area contributed by atoms with Crippen LogP contribution >= 0.6 is 0 Å². The highest BCUT2D eigenvalue weighted by molar-refractivity contribution is 5.48. The third-order valence-corrected chi connectivity index (χ3v) is 5.03. The second kappa shape index (κ2) is 17.0. The first-order chi connectivity index (χ1) is 13.8. The lowest BCUT2D eigenvalue weighted by atomic mass is 9.99. The number of hydrogen-bond donors (Lipinski definition) is 2. The molecular weight excluding hydrogens is 380 g/mol. The lowest BCUT2D eigenvalue weighted by Crippen LogP contribution is -2.34. The molecule has 0 aromatic carbocycles. The highest BCUT2D eigenvalue weighted by Gasteiger charge is 2.29. The summed E-state index contributed by atoms with van der Waals surface area (Å²) in [6.07, 6.45) is 8.33. The Morgan fingerprint density at radius 3 is 1.66 bits per heavy atom. The van der Waals surface area contributed by atoms with Gasteiger partial charge in [0.05, 0.1) is 0 Å². The lowest BCUT2D eigenvalue weighted by molar-refractivity contribution is -0.535. The Morgan fingerprint density at radius 1 is 0.793 bits per heavy atom. The van der Waals surface area contributed by atoms with E-state index in [1.54, 1.807) is 6.08 Å². The fraction of sp³-hybridized carbons (Fsp3) is 0.850. The summed E-state index contributed by atoms with van der Waals surface area (Å²) in [7, 11) is 0. The number of carbonyl (C=O) groups excluding carboxylic acids is 1. The number of nitro groups is 2. The van der Waals surface area contributed by atoms with Crippen LogP contribution in [-0.2, 0) is 4.79 Å². The molecule has 0 saturated heterocycles. The summed E-state index contributed by atoms with van der Waals surface area (Å²) in [6.45, 7) is 2.00. The SMILES string of the molecule is CCCCCC(C(O)C/C=C\CC(O)C(CCCCCCC=O)[N+](=O)[O-])[N+](=O)[O-]. The fourth-order valence-electron chi connectivity index (χ4n) is 3.20. The van der Waals surface area contributed by atoms with E-state index in [9.17, 15) is 35.2 Å². The minimum absolute atomic E-state index is 0.0580. The molecule has 0 fully saturated rings. The van der Waals surface area contributed by atoms with Gasteiger partial charge in [-0.2, -0.15) is 0 Å². The van der Waals surface area contributed by atoms with E-state index < -0.39 is 34.1 Å². The molecule has 0 radical (unpaired) electrons. The van der Waals surface area contributed by atoms with Crippen molar-refractivity contribution in [2.45, 2.75) is 108 Å². The summed E-state index contributed by atoms with van der Waals surface area (Å²) in [4.78, 5) is 31.6. The maximum Gasteiger partial charge on any atom is 0.238 e. The van der Waals surface area contributed by atoms with E-state index in [2.05, 4.69) is 0 Å². The quantitative estimate of drug-likeness (QED) is 0.108. The molecule has 4 unspecified atom stereocenters. The van der Waals surface area contributed by atoms with Crippen LogP contribution in [0, 0.1) is 20.2 Å². The lowest BCUT2D eigenvalue weighted by Gasteiger charge is -2.15. The summed E-state index contributed by atoms with van der Waals surface area (Å²) in [5.74, 6) is 0. The van der Waals surface area contributed by atoms with Crippen molar-refractivity contribution in [1.82, 2.24) is 0 Å². The van der Waals surface area contributed by atoms with Crippen molar-refractivity contribution >= 4 is 6.29 Å². The van der Waals surface area contributed by atoms with E-state index in [4.69, 9.17) is 0 Å². The Hall–Kier alpha value is -1.87. The number of aldehydes is 1. The van der Waals surface area contributed by atoms with Crippen molar-refractivity contribution in [1.29, 1.82) is 0 Å². The van der Waals surface area contributed by atoms with E-state index in [0.29, 0.717) is 25.7 Å². The number of rotatable bonds is 19. The molecule has 0 spiro atoms. The molecular formula is C20H36N2O7. The molecule has 29 heavy (non-hydrogen) atoms. The molecule has 9 heteroatoms. The van der Waals surface area contributed by atoms with Crippen LogP contribution in [0.4, 0.5) is 0 Å². The monoisotopic (exact) mass is 416 g/mol. The molecule has 0 heterocycles. The van der Waals surface area contributed by atoms with E-state index >= 15 is 0 Å². The molecule has 0 amide bonds. The molecule has 2 N–H and O–H groups in total. The van der Waals surface area contributed by atoms with Gasteiger partial charge in [0.25, 0.3) is 0 Å². The second-order valence-corrected chi connectivity index (χ2v) is 7.44. The van der Waals surface area contributed by atoms with Gasteiger partial charge >= 0.3 is 0 Å². The van der Waals surface area contributed by atoms with Crippen molar-refractivity contribution in [3.63, 3.8) is 0 Å². The summed E-state index contributed by atoms with van der Waals surface area (Å²) >= 11 is 0. The fourth-order valence-corrected chi connectivity index (χ4v) is 3.20. The maximum atomic E-state index is 11.2. The van der Waals surface area contributed by atoms with Gasteiger partial charge in [0.2, 0.25) is 12.1 Å². The standard InChI is InChI=1S/C20H36N2O7/c1-2-3-7-12-17(21(26)27)19(24)14-9-10-15-20(25)18(22(28)29)13-8-5-4-6-11-16-23/h9-10,16-20,24-25H,2-8,11-15H2,1H3/b10-9-. The van der Waals surface area contributed by atoms with Crippen molar-refractivity contribution < 1.29 is 24.9 Å². The molecule has 4 atom stereocenters. The zero-order chi connectivity index (χ0) is 22.1. The predicted octanol–water partition coefficient (Wildman–Crippen LogP) is 3.46. The van der Waals surface area contributed by atoms with Crippen molar-refractivity contribution in [3.05, 3.63) is 32.4 Å². The molecule has 9 nitrogen and oxygen atoms in total. The van der Waals surface area contributed by atoms with Gasteiger partial charge in [0.15, 0.2) is 0 Å². The Bertz CT molecular complexity index is 499. The number of aliphatic hydroxyl groups excluding tert-OH is 2. The van der Waals surface area contributed by atoms with E-state index in [-0.39, 0.29) is 19.3 Å². The van der Waals surface area contributed by atoms with Gasteiger partial charge in [-0.15, -0.1) is 0 Å². The molecule has 0 bridgehead atoms. The van der Waals surface area contributed by atoms with Crippen LogP contribution in [0.1, 0.15) is 84.0 Å². The van der Waals surface area contributed by atoms with Crippen molar-refractivity contribution in [2.24, 2.45) is 0 Å². The highest BCUT2D eigenvalue weighted by atomic mass is 16.6. The minimum atomic E-state index is -1.15. The Balaban J connectivity index is 4.37. The number of nitrogens with zero attached hydrogens (tertiary/aromatic N) is 2. The third-order valence-electron chi connectivity index (χ3n) is 5.03. The number of aliphatic hydroxyl groups is 2. The van der Waals surface area contributed by atoms with Gasteiger partial charge in [0.1, 0.15) is 18.5 Å². The van der Waals surface area contributed by atoms with Gasteiger partial charge in [-0.3, -0.25) is 20.2 Å². The largest absolute Gasteiger partial charge is 0.386 e. The van der Waals surface area contributed by atoms with Crippen molar-refractivity contribution in [3.8, 4) is 0 Å². The molecule has 0 aliphatic heterocycles. The topological polar surface area (TPSA) is 144 Å². The average Bonchev–Trinajstić information content (AvgIpc) is 2.67. The zero-order valence-electron chi connectivity index (χ0n) is 17.4. The number of carbonyl (C=O) groups is 1. The van der Waals surface area contributed by atoms with Crippen molar-refractivity contribution in [2.75, 3.05) is 0 Å². The zero-order valence-corrected chi connectivity index (χ0v) is 17.4. The first kappa shape index (κ1) is 27.1. The number of hydrogen-bond acceptors (Lipinski definition) is 7. The van der Waals surface area contributed by atoms with Crippen LogP contribution < -0.4 is 0 Å². The predicted molar refractivity (Wildman–Crippen MR) is 110 cm³/mol. The van der Waals surface area contributed by atoms with E-state index in [0.717, 1.165) is 38.4 Å². The third kappa shape index (κ3) is 13.1. The first-order valence-electron chi connectivity index (χ1n) is 10.6. The first-order valence-corrected chi connectivity index (χ1v) is 10.6. The minimum Gasteiger partial charge on any atom is -0.386 e. The van der Waals surface area contributed by atoms with Gasteiger partial charge in [-0.1, -0.05) is 44.8 Å². The molecule has 0 aliphatic rings. The highest BCUT2D eigenvalue weighted by Crippen LogP contribution is 2.16. The summed E-state index contributed by atoms with van der Waals surface area (Å²) in [6, 6.07) is -2.10. The molecule has 0 aromatic rings. The van der Waals surface area contributed by atoms with Crippen LogP contribution in [0.3, 0.4) is 0 Å². The van der Waals surface area contributed by atoms with Crippen LogP contribution in [0.25, 0.3) is 0 Å². The molecule has 0 aromatic heterocycles. The normalized spacial score (nSPS) is 15.7. The number of unbranched alkanes of at least 4 members (excludes halogenated alkanes) is 6. The Kier molecular flexibility index (Phi) is 15.9. The van der Waals surface area contributed by atoms with E-state index in [1.165, 1.54) is 6.08 Å². The van der Waals surface area contributed by atoms with Gasteiger partial charge < -0.3 is 15.0 Å². The van der Waals surface area contributed by atoms with Gasteiger partial charge in [-0.25, -0.2) is 0 Å². The maximum absolute atomic E-state index is 11.2. The van der Waals surface area contributed by atoms with Crippen LogP contribution in [0.2, 0.25) is 0 Å². The molecule has 0 rings (SSSR count).